The molecule has 0 heterocycles. The van der Waals surface area contributed by atoms with Crippen LogP contribution in [0.4, 0.5) is 0 Å². The summed E-state index contributed by atoms with van der Waals surface area (Å²) in [5, 5.41) is 8.53. The third-order valence-electron chi connectivity index (χ3n) is 1.47. The van der Waals surface area contributed by atoms with Gasteiger partial charge in [0.1, 0.15) is 0 Å². The van der Waals surface area contributed by atoms with Crippen molar-refractivity contribution in [2.24, 2.45) is 5.90 Å². The topological polar surface area (TPSA) is 89.6 Å². The van der Waals surface area contributed by atoms with Gasteiger partial charge < -0.3 is 9.94 Å². The van der Waals surface area contributed by atoms with Crippen LogP contribution in [0.1, 0.15) is 20.7 Å². The molecule has 0 fully saturated rings. The monoisotopic (exact) mass is 205 g/mol. The van der Waals surface area contributed by atoms with Gasteiger partial charge in [-0.3, -0.25) is 0 Å². The second-order valence-corrected chi connectivity index (χ2v) is 2.29. The van der Waals surface area contributed by atoms with E-state index in [2.05, 4.69) is 10.7 Å². The average Bonchev–Trinajstić information content (AvgIpc) is 2.17. The number of carbonyl (C=O) groups is 2. The molecule has 0 amide bonds. The molecule has 5 nitrogen and oxygen atoms in total. The van der Waals surface area contributed by atoms with Gasteiger partial charge in [-0.1, -0.05) is 0 Å². The molecule has 0 spiro atoms. The summed E-state index contributed by atoms with van der Waals surface area (Å²) < 4.78 is 0. The predicted octanol–water partition coefficient (Wildman–Crippen LogP) is -0.233. The minimum atomic E-state index is -1.05. The number of nitrogens with two attached hydrogens (primary N) is 1. The zero-order chi connectivity index (χ0) is 9.84. The Bertz CT molecular complexity index is 336. The fourth-order valence-electron chi connectivity index (χ4n) is 0.817. The van der Waals surface area contributed by atoms with Crippen LogP contribution in [-0.4, -0.2) is 46.6 Å². The first-order chi connectivity index (χ1) is 6.15. The fraction of sp³-hybridized carbons (Fsp3) is 0. The van der Waals surface area contributed by atoms with Gasteiger partial charge in [0, 0.05) is 0 Å². The minimum absolute atomic E-state index is 0. The van der Waals surface area contributed by atoms with E-state index < -0.39 is 11.9 Å². The van der Waals surface area contributed by atoms with Crippen LogP contribution in [0, 0.1) is 0 Å². The Kier molecular flexibility index (Phi) is 5.40. The molecule has 0 bridgehead atoms. The van der Waals surface area contributed by atoms with E-state index in [1.165, 1.54) is 24.3 Å². The number of hydrogen-bond donors (Lipinski definition) is 2. The fourth-order valence-corrected chi connectivity index (χ4v) is 0.817. The molecule has 0 atom stereocenters. The molecule has 0 aromatic heterocycles. The maximum atomic E-state index is 10.8. The second-order valence-electron chi connectivity index (χ2n) is 2.29. The van der Waals surface area contributed by atoms with Crippen molar-refractivity contribution in [2.75, 3.05) is 0 Å². The summed E-state index contributed by atoms with van der Waals surface area (Å²) in [6.45, 7) is 0. The molecule has 0 unspecified atom stereocenters. The molecule has 0 aliphatic rings. The summed E-state index contributed by atoms with van der Waals surface area (Å²) in [5.41, 5.74) is 0.320. The molecule has 0 saturated carbocycles. The zero-order valence-corrected chi connectivity index (χ0v) is 6.56. The Hall–Kier alpha value is -0.880. The van der Waals surface area contributed by atoms with Crippen LogP contribution in [0.5, 0.6) is 0 Å². The molecule has 1 aromatic rings. The summed E-state index contributed by atoms with van der Waals surface area (Å²) in [7, 11) is 0. The van der Waals surface area contributed by atoms with Crippen LogP contribution in [0.15, 0.2) is 24.3 Å². The van der Waals surface area contributed by atoms with Crippen LogP contribution in [0.3, 0.4) is 0 Å². The van der Waals surface area contributed by atoms with Crippen molar-refractivity contribution in [3.05, 3.63) is 35.4 Å². The average molecular weight is 205 g/mol. The van der Waals surface area contributed by atoms with Crippen molar-refractivity contribution in [3.8, 4) is 0 Å². The van der Waals surface area contributed by atoms with Gasteiger partial charge in [0.15, 0.2) is 0 Å². The molecule has 0 aliphatic heterocycles. The molecule has 1 aromatic carbocycles. The normalized spacial score (nSPS) is 8.64. The first-order valence-electron chi connectivity index (χ1n) is 3.39. The summed E-state index contributed by atoms with van der Waals surface area (Å²) >= 11 is 0. The number of aromatic carboxylic acids is 1. The Morgan fingerprint density at radius 3 is 1.93 bits per heavy atom. The van der Waals surface area contributed by atoms with Crippen LogP contribution >= 0.6 is 0 Å². The van der Waals surface area contributed by atoms with E-state index in [0.29, 0.717) is 0 Å². The quantitative estimate of drug-likeness (QED) is 0.514. The van der Waals surface area contributed by atoms with E-state index in [1.54, 1.807) is 0 Å². The predicted molar refractivity (Wildman–Crippen MR) is 50.2 cm³/mol. The van der Waals surface area contributed by atoms with E-state index in [0.717, 1.165) is 0 Å². The SMILES string of the molecule is NOC(=O)c1ccc(C(=O)O)cc1.[NaH]. The number of rotatable bonds is 2. The van der Waals surface area contributed by atoms with E-state index in [4.69, 9.17) is 5.11 Å². The van der Waals surface area contributed by atoms with Crippen molar-refractivity contribution < 1.29 is 19.5 Å². The van der Waals surface area contributed by atoms with Gasteiger partial charge in [-0.2, -0.15) is 5.90 Å². The van der Waals surface area contributed by atoms with Crippen LogP contribution in [-0.2, 0) is 4.84 Å². The van der Waals surface area contributed by atoms with Crippen LogP contribution in [0.2, 0.25) is 0 Å². The van der Waals surface area contributed by atoms with Crippen molar-refractivity contribution in [3.63, 3.8) is 0 Å². The molecule has 6 heteroatoms. The van der Waals surface area contributed by atoms with Crippen molar-refractivity contribution >= 4 is 41.5 Å². The Morgan fingerprint density at radius 1 is 1.14 bits per heavy atom. The van der Waals surface area contributed by atoms with Crippen LogP contribution in [0.25, 0.3) is 0 Å². The second kappa shape index (κ2) is 5.77. The molecular weight excluding hydrogens is 197 g/mol. The first-order valence-corrected chi connectivity index (χ1v) is 3.39. The van der Waals surface area contributed by atoms with E-state index >= 15 is 0 Å². The van der Waals surface area contributed by atoms with Gasteiger partial charge in [-0.15, -0.1) is 0 Å². The third-order valence-corrected chi connectivity index (χ3v) is 1.47. The summed E-state index contributed by atoms with van der Waals surface area (Å²) in [6, 6.07) is 5.26. The molecule has 3 N–H and O–H groups in total. The summed E-state index contributed by atoms with van der Waals surface area (Å²) in [5.74, 6) is 2.89. The van der Waals surface area contributed by atoms with Gasteiger partial charge in [-0.25, -0.2) is 9.59 Å². The van der Waals surface area contributed by atoms with Gasteiger partial charge in [0.2, 0.25) is 0 Å². The number of carboxylic acids is 1. The Morgan fingerprint density at radius 2 is 1.57 bits per heavy atom. The van der Waals surface area contributed by atoms with E-state index in [-0.39, 0.29) is 40.7 Å². The summed E-state index contributed by atoms with van der Waals surface area (Å²) in [4.78, 5) is 25.2. The Balaban J connectivity index is 0.00000169. The van der Waals surface area contributed by atoms with Crippen molar-refractivity contribution in [1.29, 1.82) is 0 Å². The van der Waals surface area contributed by atoms with E-state index in [1.807, 2.05) is 0 Å². The summed E-state index contributed by atoms with van der Waals surface area (Å²) in [6.07, 6.45) is 0. The third kappa shape index (κ3) is 3.12. The molecule has 0 saturated heterocycles. The Labute approximate surface area is 102 Å². The molecule has 1 rings (SSSR count). The molecule has 70 valence electrons. The zero-order valence-electron chi connectivity index (χ0n) is 6.56. The van der Waals surface area contributed by atoms with Gasteiger partial charge in [0.25, 0.3) is 0 Å². The van der Waals surface area contributed by atoms with Gasteiger partial charge >= 0.3 is 41.5 Å². The molecular formula is C8H8NNaO4. The standard InChI is InChI=1S/C8H7NO4.Na.H/c9-13-8(12)6-3-1-5(2-4-6)7(10)11;;/h1-4H,9H2,(H,10,11);;. The molecule has 0 radical (unpaired) electrons. The van der Waals surface area contributed by atoms with Gasteiger partial charge in [-0.05, 0) is 24.3 Å². The number of carboxylic acid groups (broad SMARTS) is 1. The van der Waals surface area contributed by atoms with Crippen molar-refractivity contribution in [1.82, 2.24) is 0 Å². The molecule has 14 heavy (non-hydrogen) atoms. The van der Waals surface area contributed by atoms with Crippen LogP contribution < -0.4 is 5.90 Å². The molecule has 0 aliphatic carbocycles. The van der Waals surface area contributed by atoms with Crippen molar-refractivity contribution in [2.45, 2.75) is 0 Å². The van der Waals surface area contributed by atoms with E-state index in [9.17, 15) is 9.59 Å². The first kappa shape index (κ1) is 13.1. The number of benzene rings is 1. The maximum absolute atomic E-state index is 10.8. The van der Waals surface area contributed by atoms with Gasteiger partial charge in [0.05, 0.1) is 11.1 Å². The number of hydrogen-bond acceptors (Lipinski definition) is 4. The number of carbonyl (C=O) groups excluding carboxylic acids is 1.